The molecule has 0 aromatic heterocycles. The molecule has 1 aromatic carbocycles. The molecule has 3 heteroatoms. The fourth-order valence-electron chi connectivity index (χ4n) is 2.71. The highest BCUT2D eigenvalue weighted by atomic mass is 32.2. The number of likely N-dealkylation sites (N-methyl/N-ethyl adjacent to an activating group) is 1. The van der Waals surface area contributed by atoms with Crippen molar-refractivity contribution in [3.63, 3.8) is 0 Å². The fraction of sp³-hybridized carbons (Fsp3) is 0.600. The van der Waals surface area contributed by atoms with Crippen LogP contribution in [-0.4, -0.2) is 42.1 Å². The molecule has 0 saturated carbocycles. The van der Waals surface area contributed by atoms with Crippen molar-refractivity contribution in [2.45, 2.75) is 25.8 Å². The molecule has 0 bridgehead atoms. The van der Waals surface area contributed by atoms with E-state index in [1.165, 1.54) is 17.7 Å². The van der Waals surface area contributed by atoms with Gasteiger partial charge in [-0.05, 0) is 30.3 Å². The Morgan fingerprint density at radius 3 is 2.61 bits per heavy atom. The van der Waals surface area contributed by atoms with Crippen LogP contribution >= 0.6 is 11.9 Å². The molecule has 0 radical (unpaired) electrons. The van der Waals surface area contributed by atoms with E-state index in [0.717, 1.165) is 13.1 Å². The van der Waals surface area contributed by atoms with Crippen molar-refractivity contribution in [2.24, 2.45) is 0 Å². The van der Waals surface area contributed by atoms with Crippen LogP contribution in [0.1, 0.15) is 36.9 Å². The molecule has 18 heavy (non-hydrogen) atoms. The molecule has 1 heterocycles. The van der Waals surface area contributed by atoms with Gasteiger partial charge in [0.05, 0.1) is 6.04 Å². The SMILES string of the molecule is CSN1CCN(C)CC1c1ccccc1C(C)C. The quantitative estimate of drug-likeness (QED) is 0.773. The average Bonchev–Trinajstić information content (AvgIpc) is 2.38. The second-order valence-electron chi connectivity index (χ2n) is 5.38. The number of rotatable bonds is 3. The lowest BCUT2D eigenvalue weighted by Gasteiger charge is -2.39. The minimum absolute atomic E-state index is 0.525. The van der Waals surface area contributed by atoms with Crippen LogP contribution in [-0.2, 0) is 0 Å². The Morgan fingerprint density at radius 1 is 1.22 bits per heavy atom. The number of nitrogens with zero attached hydrogens (tertiary/aromatic N) is 2. The van der Waals surface area contributed by atoms with E-state index in [2.05, 4.69) is 60.6 Å². The van der Waals surface area contributed by atoms with Gasteiger partial charge < -0.3 is 4.90 Å². The minimum atomic E-state index is 0.525. The first-order valence-corrected chi connectivity index (χ1v) is 7.89. The molecule has 1 aromatic rings. The van der Waals surface area contributed by atoms with Crippen molar-refractivity contribution in [1.82, 2.24) is 9.21 Å². The predicted molar refractivity (Wildman–Crippen MR) is 81.0 cm³/mol. The highest BCUT2D eigenvalue weighted by molar-refractivity contribution is 7.96. The van der Waals surface area contributed by atoms with Gasteiger partial charge in [-0.25, -0.2) is 4.31 Å². The lowest BCUT2D eigenvalue weighted by Crippen LogP contribution is -2.43. The fourth-order valence-corrected chi connectivity index (χ4v) is 3.41. The Bertz CT molecular complexity index is 392. The van der Waals surface area contributed by atoms with E-state index in [4.69, 9.17) is 0 Å². The third-order valence-electron chi connectivity index (χ3n) is 3.75. The molecule has 1 atom stereocenters. The van der Waals surface area contributed by atoms with E-state index in [1.54, 1.807) is 0 Å². The molecule has 2 rings (SSSR count). The van der Waals surface area contributed by atoms with Gasteiger partial charge in [0.1, 0.15) is 0 Å². The summed E-state index contributed by atoms with van der Waals surface area (Å²) in [5.74, 6) is 0.595. The van der Waals surface area contributed by atoms with Crippen molar-refractivity contribution >= 4 is 11.9 Å². The molecule has 0 N–H and O–H groups in total. The molecule has 1 unspecified atom stereocenters. The summed E-state index contributed by atoms with van der Waals surface area (Å²) in [5, 5.41) is 0. The molecule has 1 saturated heterocycles. The van der Waals surface area contributed by atoms with Crippen LogP contribution in [0.5, 0.6) is 0 Å². The maximum Gasteiger partial charge on any atom is 0.0582 e. The van der Waals surface area contributed by atoms with E-state index >= 15 is 0 Å². The lowest BCUT2D eigenvalue weighted by atomic mass is 9.92. The van der Waals surface area contributed by atoms with Gasteiger partial charge in [0.25, 0.3) is 0 Å². The molecule has 0 spiro atoms. The third kappa shape index (κ3) is 2.90. The molecule has 1 fully saturated rings. The maximum atomic E-state index is 2.53. The summed E-state index contributed by atoms with van der Waals surface area (Å²) in [6.07, 6.45) is 2.19. The first-order valence-electron chi connectivity index (χ1n) is 6.71. The van der Waals surface area contributed by atoms with Crippen LogP contribution in [0.2, 0.25) is 0 Å². The van der Waals surface area contributed by atoms with Crippen molar-refractivity contribution in [1.29, 1.82) is 0 Å². The number of hydrogen-bond donors (Lipinski definition) is 0. The first-order chi connectivity index (χ1) is 8.63. The molecular weight excluding hydrogens is 240 g/mol. The minimum Gasteiger partial charge on any atom is -0.303 e. The van der Waals surface area contributed by atoms with E-state index in [9.17, 15) is 0 Å². The first kappa shape index (κ1) is 13.9. The second-order valence-corrected chi connectivity index (χ2v) is 6.22. The number of hydrogen-bond acceptors (Lipinski definition) is 3. The summed E-state index contributed by atoms with van der Waals surface area (Å²) in [6.45, 7) is 8.02. The van der Waals surface area contributed by atoms with Crippen LogP contribution < -0.4 is 0 Å². The van der Waals surface area contributed by atoms with E-state index in [0.29, 0.717) is 12.0 Å². The van der Waals surface area contributed by atoms with E-state index < -0.39 is 0 Å². The van der Waals surface area contributed by atoms with E-state index in [-0.39, 0.29) is 0 Å². The van der Waals surface area contributed by atoms with Gasteiger partial charge in [-0.1, -0.05) is 50.1 Å². The zero-order valence-corrected chi connectivity index (χ0v) is 12.7. The van der Waals surface area contributed by atoms with Crippen molar-refractivity contribution in [3.05, 3.63) is 35.4 Å². The highest BCUT2D eigenvalue weighted by Gasteiger charge is 2.28. The monoisotopic (exact) mass is 264 g/mol. The molecular formula is C15H24N2S. The Morgan fingerprint density at radius 2 is 1.94 bits per heavy atom. The predicted octanol–water partition coefficient (Wildman–Crippen LogP) is 3.38. The Hall–Kier alpha value is -0.510. The van der Waals surface area contributed by atoms with E-state index in [1.807, 2.05) is 11.9 Å². The smallest absolute Gasteiger partial charge is 0.0582 e. The number of piperazine rings is 1. The van der Waals surface area contributed by atoms with Crippen LogP contribution in [0.15, 0.2) is 24.3 Å². The van der Waals surface area contributed by atoms with Crippen molar-refractivity contribution in [3.8, 4) is 0 Å². The van der Waals surface area contributed by atoms with Crippen LogP contribution in [0, 0.1) is 0 Å². The summed E-state index contributed by atoms with van der Waals surface area (Å²) >= 11 is 1.88. The van der Waals surface area contributed by atoms with Gasteiger partial charge in [0, 0.05) is 19.6 Å². The van der Waals surface area contributed by atoms with Crippen LogP contribution in [0.25, 0.3) is 0 Å². The summed E-state index contributed by atoms with van der Waals surface area (Å²) in [6, 6.07) is 9.45. The summed E-state index contributed by atoms with van der Waals surface area (Å²) < 4.78 is 2.53. The maximum absolute atomic E-state index is 2.53. The van der Waals surface area contributed by atoms with Gasteiger partial charge in [-0.2, -0.15) is 0 Å². The summed E-state index contributed by atoms with van der Waals surface area (Å²) in [4.78, 5) is 2.44. The van der Waals surface area contributed by atoms with Gasteiger partial charge in [0.2, 0.25) is 0 Å². The average molecular weight is 264 g/mol. The highest BCUT2D eigenvalue weighted by Crippen LogP contribution is 2.33. The molecule has 0 amide bonds. The Balaban J connectivity index is 2.33. The van der Waals surface area contributed by atoms with Gasteiger partial charge in [0.15, 0.2) is 0 Å². The molecule has 2 nitrogen and oxygen atoms in total. The zero-order chi connectivity index (χ0) is 13.1. The second kappa shape index (κ2) is 6.09. The largest absolute Gasteiger partial charge is 0.303 e. The van der Waals surface area contributed by atoms with Crippen LogP contribution in [0.3, 0.4) is 0 Å². The normalized spacial score (nSPS) is 22.6. The van der Waals surface area contributed by atoms with Gasteiger partial charge in [-0.3, -0.25) is 0 Å². The summed E-state index contributed by atoms with van der Waals surface area (Å²) in [5.41, 5.74) is 3.00. The molecule has 0 aliphatic carbocycles. The Kier molecular flexibility index (Phi) is 4.71. The van der Waals surface area contributed by atoms with Gasteiger partial charge >= 0.3 is 0 Å². The topological polar surface area (TPSA) is 6.48 Å². The standard InChI is InChI=1S/C15H24N2S/c1-12(2)13-7-5-6-8-14(13)15-11-16(3)9-10-17(15)18-4/h5-8,12,15H,9-11H2,1-4H3. The van der Waals surface area contributed by atoms with Gasteiger partial charge in [-0.15, -0.1) is 0 Å². The lowest BCUT2D eigenvalue weighted by molar-refractivity contribution is 0.171. The Labute approximate surface area is 115 Å². The van der Waals surface area contributed by atoms with Crippen molar-refractivity contribution in [2.75, 3.05) is 32.9 Å². The zero-order valence-electron chi connectivity index (χ0n) is 11.9. The number of benzene rings is 1. The molecule has 1 aliphatic heterocycles. The van der Waals surface area contributed by atoms with Crippen molar-refractivity contribution < 1.29 is 0 Å². The third-order valence-corrected chi connectivity index (χ3v) is 4.65. The summed E-state index contributed by atoms with van der Waals surface area (Å²) in [7, 11) is 2.22. The molecule has 100 valence electrons. The molecule has 1 aliphatic rings. The van der Waals surface area contributed by atoms with Crippen LogP contribution in [0.4, 0.5) is 0 Å².